The normalized spacial score (nSPS) is 14.8. The summed E-state index contributed by atoms with van der Waals surface area (Å²) in [6.45, 7) is 3.54. The van der Waals surface area contributed by atoms with Gasteiger partial charge in [-0.3, -0.25) is 19.2 Å². The highest BCUT2D eigenvalue weighted by atomic mass is 32.2. The van der Waals surface area contributed by atoms with Gasteiger partial charge in [0.2, 0.25) is 23.6 Å². The lowest BCUT2D eigenvalue weighted by atomic mass is 9.97. The van der Waals surface area contributed by atoms with Gasteiger partial charge in [-0.1, -0.05) is 32.4 Å². The third-order valence-electron chi connectivity index (χ3n) is 6.06. The molecule has 0 spiro atoms. The monoisotopic (exact) mass is 553 g/mol. The third-order valence-corrected chi connectivity index (χ3v) is 6.70. The van der Waals surface area contributed by atoms with Crippen LogP contribution in [0, 0.1) is 5.92 Å². The van der Waals surface area contributed by atoms with Crippen molar-refractivity contribution in [2.75, 3.05) is 12.0 Å². The Morgan fingerprint density at radius 1 is 0.947 bits per heavy atom. The molecule has 0 aliphatic rings. The van der Waals surface area contributed by atoms with Crippen LogP contribution in [-0.4, -0.2) is 76.0 Å². The van der Waals surface area contributed by atoms with Crippen molar-refractivity contribution in [1.29, 1.82) is 0 Å². The minimum Gasteiger partial charge on any atom is -0.508 e. The van der Waals surface area contributed by atoms with Gasteiger partial charge in [0.15, 0.2) is 0 Å². The fourth-order valence-corrected chi connectivity index (χ4v) is 3.99. The third kappa shape index (κ3) is 11.4. The summed E-state index contributed by atoms with van der Waals surface area (Å²) in [6, 6.07) is 1.87. The second-order valence-electron chi connectivity index (χ2n) is 9.10. The Hall–Kier alpha value is -3.32. The van der Waals surface area contributed by atoms with Gasteiger partial charge < -0.3 is 37.6 Å². The molecule has 12 nitrogen and oxygen atoms in total. The first-order valence-electron chi connectivity index (χ1n) is 12.3. The zero-order valence-corrected chi connectivity index (χ0v) is 22.8. The second kappa shape index (κ2) is 16.5. The molecule has 1 aromatic carbocycles. The molecule has 0 saturated carbocycles. The number of benzene rings is 1. The molecule has 5 unspecified atom stereocenters. The van der Waals surface area contributed by atoms with E-state index in [0.29, 0.717) is 12.2 Å². The number of amides is 4. The Morgan fingerprint density at radius 2 is 1.55 bits per heavy atom. The van der Waals surface area contributed by atoms with Crippen LogP contribution < -0.4 is 27.4 Å². The van der Waals surface area contributed by atoms with E-state index in [1.807, 2.05) is 13.2 Å². The van der Waals surface area contributed by atoms with Gasteiger partial charge in [-0.05, 0) is 54.9 Å². The van der Waals surface area contributed by atoms with Crippen molar-refractivity contribution < 1.29 is 34.2 Å². The van der Waals surface area contributed by atoms with Crippen LogP contribution in [0.2, 0.25) is 0 Å². The van der Waals surface area contributed by atoms with E-state index in [0.717, 1.165) is 5.56 Å². The van der Waals surface area contributed by atoms with E-state index in [4.69, 9.17) is 11.5 Å². The molecule has 38 heavy (non-hydrogen) atoms. The lowest BCUT2D eigenvalue weighted by Crippen LogP contribution is -2.59. The second-order valence-corrected chi connectivity index (χ2v) is 10.1. The fraction of sp³-hybridized carbons (Fsp3) is 0.560. The Bertz CT molecular complexity index is 960. The fourth-order valence-electron chi connectivity index (χ4n) is 3.52. The van der Waals surface area contributed by atoms with Crippen LogP contribution in [-0.2, 0) is 30.4 Å². The number of thioether (sulfide) groups is 1. The Balaban J connectivity index is 2.97. The number of nitrogens with one attached hydrogen (secondary N) is 3. The standard InChI is InChI=1S/C25H39N5O7S/c1-4-14(2)21(24(35)29-19(25(36)37)9-10-20(27)32)30-23(34)18(11-12-38-3)28-22(33)17(26)13-15-5-7-16(31)8-6-15/h5-8,14,17-19,21,31H,4,9-13,26H2,1-3H3,(H2,27,32)(H,28,33)(H,29,35)(H,30,34)(H,36,37). The first kappa shape index (κ1) is 32.7. The van der Waals surface area contributed by atoms with Gasteiger partial charge >= 0.3 is 5.97 Å². The van der Waals surface area contributed by atoms with Gasteiger partial charge in [-0.25, -0.2) is 4.79 Å². The highest BCUT2D eigenvalue weighted by Crippen LogP contribution is 2.13. The number of carbonyl (C=O) groups excluding carboxylic acids is 4. The highest BCUT2D eigenvalue weighted by Gasteiger charge is 2.32. The molecule has 212 valence electrons. The van der Waals surface area contributed by atoms with E-state index in [1.165, 1.54) is 23.9 Å². The van der Waals surface area contributed by atoms with Gasteiger partial charge in [0, 0.05) is 6.42 Å². The van der Waals surface area contributed by atoms with Gasteiger partial charge in [0.25, 0.3) is 0 Å². The van der Waals surface area contributed by atoms with Gasteiger partial charge in [-0.15, -0.1) is 0 Å². The van der Waals surface area contributed by atoms with Crippen LogP contribution in [0.15, 0.2) is 24.3 Å². The number of carboxylic acids is 1. The van der Waals surface area contributed by atoms with Gasteiger partial charge in [0.1, 0.15) is 23.9 Å². The maximum absolute atomic E-state index is 13.2. The average molecular weight is 554 g/mol. The predicted octanol–water partition coefficient (Wildman–Crippen LogP) is -0.134. The topological polar surface area (TPSA) is 214 Å². The summed E-state index contributed by atoms with van der Waals surface area (Å²) in [5.41, 5.74) is 11.9. The molecule has 9 N–H and O–H groups in total. The average Bonchev–Trinajstić information content (AvgIpc) is 2.87. The van der Waals surface area contributed by atoms with Gasteiger partial charge in [0.05, 0.1) is 6.04 Å². The van der Waals surface area contributed by atoms with E-state index < -0.39 is 53.8 Å². The number of phenolic OH excluding ortho intramolecular Hbond substituents is 1. The van der Waals surface area contributed by atoms with Crippen molar-refractivity contribution >= 4 is 41.4 Å². The molecule has 0 aliphatic carbocycles. The zero-order valence-electron chi connectivity index (χ0n) is 21.9. The van der Waals surface area contributed by atoms with Crippen molar-refractivity contribution in [3.8, 4) is 5.75 Å². The van der Waals surface area contributed by atoms with Crippen molar-refractivity contribution in [2.24, 2.45) is 17.4 Å². The molecule has 0 bridgehead atoms. The van der Waals surface area contributed by atoms with Crippen LogP contribution in [0.3, 0.4) is 0 Å². The minimum absolute atomic E-state index is 0.0861. The number of carbonyl (C=O) groups is 5. The zero-order chi connectivity index (χ0) is 28.8. The van der Waals surface area contributed by atoms with Crippen molar-refractivity contribution in [1.82, 2.24) is 16.0 Å². The first-order valence-corrected chi connectivity index (χ1v) is 13.7. The van der Waals surface area contributed by atoms with Crippen molar-refractivity contribution in [2.45, 2.75) is 70.1 Å². The molecule has 0 aromatic heterocycles. The quantitative estimate of drug-likeness (QED) is 0.137. The number of nitrogens with two attached hydrogens (primary N) is 2. The highest BCUT2D eigenvalue weighted by molar-refractivity contribution is 7.98. The molecule has 0 aliphatic heterocycles. The van der Waals surface area contributed by atoms with E-state index in [9.17, 15) is 34.2 Å². The molecule has 4 amide bonds. The van der Waals surface area contributed by atoms with Crippen LogP contribution in [0.25, 0.3) is 0 Å². The maximum Gasteiger partial charge on any atom is 0.326 e. The van der Waals surface area contributed by atoms with Crippen molar-refractivity contribution in [3.05, 3.63) is 29.8 Å². The summed E-state index contributed by atoms with van der Waals surface area (Å²) < 4.78 is 0. The number of hydrogen-bond donors (Lipinski definition) is 7. The summed E-state index contributed by atoms with van der Waals surface area (Å²) in [6.07, 6.45) is 2.38. The molecule has 0 heterocycles. The van der Waals surface area contributed by atoms with Gasteiger partial charge in [-0.2, -0.15) is 11.8 Å². The van der Waals surface area contributed by atoms with Crippen LogP contribution in [0.5, 0.6) is 5.75 Å². The van der Waals surface area contributed by atoms with E-state index in [1.54, 1.807) is 19.1 Å². The Morgan fingerprint density at radius 3 is 2.08 bits per heavy atom. The molecule has 1 rings (SSSR count). The van der Waals surface area contributed by atoms with Crippen LogP contribution in [0.1, 0.15) is 45.1 Å². The number of primary amides is 1. The SMILES string of the molecule is CCC(C)C(NC(=O)C(CCSC)NC(=O)C(N)Cc1ccc(O)cc1)C(=O)NC(CCC(N)=O)C(=O)O. The number of rotatable bonds is 17. The maximum atomic E-state index is 13.2. The smallest absolute Gasteiger partial charge is 0.326 e. The molecule has 0 radical (unpaired) electrons. The summed E-state index contributed by atoms with van der Waals surface area (Å²) in [5.74, 6) is -3.64. The van der Waals surface area contributed by atoms with E-state index >= 15 is 0 Å². The van der Waals surface area contributed by atoms with Crippen LogP contribution >= 0.6 is 11.8 Å². The van der Waals surface area contributed by atoms with Crippen molar-refractivity contribution in [3.63, 3.8) is 0 Å². The van der Waals surface area contributed by atoms with E-state index in [2.05, 4.69) is 16.0 Å². The largest absolute Gasteiger partial charge is 0.508 e. The molecule has 1 aromatic rings. The Labute approximate surface area is 226 Å². The molecular weight excluding hydrogens is 514 g/mol. The molecular formula is C25H39N5O7S. The minimum atomic E-state index is -1.36. The number of hydrogen-bond acceptors (Lipinski definition) is 8. The Kier molecular flexibility index (Phi) is 14.2. The summed E-state index contributed by atoms with van der Waals surface area (Å²) in [4.78, 5) is 61.6. The lowest BCUT2D eigenvalue weighted by molar-refractivity contribution is -0.143. The number of phenols is 1. The lowest BCUT2D eigenvalue weighted by Gasteiger charge is -2.28. The number of aliphatic carboxylic acids is 1. The number of aromatic hydroxyl groups is 1. The molecule has 5 atom stereocenters. The molecule has 0 saturated heterocycles. The summed E-state index contributed by atoms with van der Waals surface area (Å²) >= 11 is 1.47. The summed E-state index contributed by atoms with van der Waals surface area (Å²) in [7, 11) is 0. The van der Waals surface area contributed by atoms with E-state index in [-0.39, 0.29) is 37.4 Å². The number of carboxylic acid groups (broad SMARTS) is 1. The molecule has 0 fully saturated rings. The predicted molar refractivity (Wildman–Crippen MR) is 144 cm³/mol. The first-order chi connectivity index (χ1) is 17.9. The molecule has 13 heteroatoms. The van der Waals surface area contributed by atoms with Crippen LogP contribution in [0.4, 0.5) is 0 Å². The summed E-state index contributed by atoms with van der Waals surface area (Å²) in [5, 5.41) is 26.5.